The Balaban J connectivity index is 1.45. The fourth-order valence-electron chi connectivity index (χ4n) is 3.83. The summed E-state index contributed by atoms with van der Waals surface area (Å²) < 4.78 is 5.81. The molecule has 0 atom stereocenters. The summed E-state index contributed by atoms with van der Waals surface area (Å²) in [6.45, 7) is 1.75. The van der Waals surface area contributed by atoms with Gasteiger partial charge in [-0.05, 0) is 37.5 Å². The molecular weight excluding hydrogens is 456 g/mol. The highest BCUT2D eigenvalue weighted by atomic mass is 35.5. The minimum atomic E-state index is -0.562. The first-order valence-electron chi connectivity index (χ1n) is 10.8. The first-order chi connectivity index (χ1) is 16.4. The summed E-state index contributed by atoms with van der Waals surface area (Å²) in [5.74, 6) is -0.622. The third kappa shape index (κ3) is 5.18. The SMILES string of the molecule is Cc1c(C(=O)NNC(=O)Cc2ccccc2)oc2c1/C(=N/NC(=O)c1ccccc1Cl)CCC2. The second kappa shape index (κ2) is 10.4. The van der Waals surface area contributed by atoms with Crippen molar-refractivity contribution in [3.63, 3.8) is 0 Å². The summed E-state index contributed by atoms with van der Waals surface area (Å²) >= 11 is 6.08. The molecule has 0 saturated heterocycles. The zero-order valence-electron chi connectivity index (χ0n) is 18.5. The van der Waals surface area contributed by atoms with Gasteiger partial charge in [0, 0.05) is 17.5 Å². The summed E-state index contributed by atoms with van der Waals surface area (Å²) in [5.41, 5.74) is 10.4. The Bertz CT molecular complexity index is 1270. The van der Waals surface area contributed by atoms with Gasteiger partial charge in [0.1, 0.15) is 5.76 Å². The van der Waals surface area contributed by atoms with Crippen LogP contribution in [0.2, 0.25) is 5.02 Å². The van der Waals surface area contributed by atoms with Gasteiger partial charge < -0.3 is 4.42 Å². The van der Waals surface area contributed by atoms with E-state index in [0.717, 1.165) is 12.0 Å². The van der Waals surface area contributed by atoms with Gasteiger partial charge in [0.2, 0.25) is 5.91 Å². The van der Waals surface area contributed by atoms with Crippen molar-refractivity contribution in [3.05, 3.63) is 93.4 Å². The monoisotopic (exact) mass is 478 g/mol. The van der Waals surface area contributed by atoms with Gasteiger partial charge in [0.05, 0.1) is 22.7 Å². The maximum atomic E-state index is 12.7. The van der Waals surface area contributed by atoms with Gasteiger partial charge in [-0.1, -0.05) is 54.1 Å². The van der Waals surface area contributed by atoms with Crippen molar-refractivity contribution in [2.45, 2.75) is 32.6 Å². The van der Waals surface area contributed by atoms with Gasteiger partial charge >= 0.3 is 5.91 Å². The largest absolute Gasteiger partial charge is 0.455 e. The minimum absolute atomic E-state index is 0.0945. The van der Waals surface area contributed by atoms with Crippen LogP contribution in [0, 0.1) is 6.92 Å². The highest BCUT2D eigenvalue weighted by Gasteiger charge is 2.28. The molecule has 3 N–H and O–H groups in total. The summed E-state index contributed by atoms with van der Waals surface area (Å²) in [7, 11) is 0. The number of carbonyl (C=O) groups is 3. The van der Waals surface area contributed by atoms with Gasteiger partial charge in [0.15, 0.2) is 5.76 Å². The summed E-state index contributed by atoms with van der Waals surface area (Å²) in [6.07, 6.45) is 2.15. The van der Waals surface area contributed by atoms with Crippen molar-refractivity contribution in [3.8, 4) is 0 Å². The topological polar surface area (TPSA) is 113 Å². The lowest BCUT2D eigenvalue weighted by Crippen LogP contribution is -2.42. The summed E-state index contributed by atoms with van der Waals surface area (Å²) in [4.78, 5) is 37.3. The molecule has 0 radical (unpaired) electrons. The van der Waals surface area contributed by atoms with Crippen LogP contribution in [0.1, 0.15) is 56.2 Å². The van der Waals surface area contributed by atoms with Crippen LogP contribution in [-0.2, 0) is 17.6 Å². The molecule has 2 aromatic carbocycles. The molecule has 8 nitrogen and oxygen atoms in total. The number of hydrazine groups is 1. The van der Waals surface area contributed by atoms with E-state index in [1.807, 2.05) is 30.3 Å². The molecule has 0 spiro atoms. The van der Waals surface area contributed by atoms with E-state index in [-0.39, 0.29) is 18.1 Å². The molecule has 0 fully saturated rings. The Morgan fingerprint density at radius 2 is 1.71 bits per heavy atom. The van der Waals surface area contributed by atoms with Crippen molar-refractivity contribution in [2.24, 2.45) is 5.10 Å². The van der Waals surface area contributed by atoms with E-state index in [2.05, 4.69) is 21.4 Å². The molecule has 0 aliphatic heterocycles. The Morgan fingerprint density at radius 3 is 2.47 bits per heavy atom. The summed E-state index contributed by atoms with van der Waals surface area (Å²) in [6, 6.07) is 15.9. The lowest BCUT2D eigenvalue weighted by molar-refractivity contribution is -0.121. The first-order valence-corrected chi connectivity index (χ1v) is 11.2. The second-order valence-electron chi connectivity index (χ2n) is 7.85. The number of hydrogen-bond acceptors (Lipinski definition) is 5. The Morgan fingerprint density at radius 1 is 0.971 bits per heavy atom. The number of nitrogens with one attached hydrogen (secondary N) is 3. The van der Waals surface area contributed by atoms with Crippen molar-refractivity contribution < 1.29 is 18.8 Å². The fourth-order valence-corrected chi connectivity index (χ4v) is 4.05. The van der Waals surface area contributed by atoms with Crippen molar-refractivity contribution in [1.29, 1.82) is 0 Å². The lowest BCUT2D eigenvalue weighted by atomic mass is 9.93. The number of nitrogens with zero attached hydrogens (tertiary/aromatic N) is 1. The van der Waals surface area contributed by atoms with Crippen LogP contribution in [0.5, 0.6) is 0 Å². The molecule has 0 saturated carbocycles. The van der Waals surface area contributed by atoms with Gasteiger partial charge in [0.25, 0.3) is 5.91 Å². The third-order valence-electron chi connectivity index (χ3n) is 5.47. The fraction of sp³-hybridized carbons (Fsp3) is 0.200. The normalized spacial score (nSPS) is 13.8. The number of halogens is 1. The highest BCUT2D eigenvalue weighted by molar-refractivity contribution is 6.33. The number of rotatable bonds is 5. The molecule has 34 heavy (non-hydrogen) atoms. The summed E-state index contributed by atoms with van der Waals surface area (Å²) in [5, 5.41) is 4.62. The quantitative estimate of drug-likeness (QED) is 0.485. The standard InChI is InChI=1S/C25H23ClN4O4/c1-15-22-19(27-29-24(32)17-10-5-6-11-18(17)26)12-7-13-20(22)34-23(15)25(33)30-28-21(31)14-16-8-3-2-4-9-16/h2-6,8-11H,7,12-14H2,1H3,(H,28,31)(H,29,32)(H,30,33)/b27-19+. The van der Waals surface area contributed by atoms with Crippen LogP contribution >= 0.6 is 11.6 Å². The van der Waals surface area contributed by atoms with Crippen LogP contribution in [0.4, 0.5) is 0 Å². The zero-order chi connectivity index (χ0) is 24.1. The number of fused-ring (bicyclic) bond motifs is 1. The molecule has 9 heteroatoms. The van der Waals surface area contributed by atoms with Crippen molar-refractivity contribution >= 4 is 35.0 Å². The molecule has 1 aliphatic carbocycles. The van der Waals surface area contributed by atoms with E-state index in [4.69, 9.17) is 16.0 Å². The Labute approximate surface area is 201 Å². The number of benzene rings is 2. The van der Waals surface area contributed by atoms with Crippen LogP contribution < -0.4 is 16.3 Å². The second-order valence-corrected chi connectivity index (χ2v) is 8.26. The Kier molecular flexibility index (Phi) is 7.08. The average Bonchev–Trinajstić information content (AvgIpc) is 3.19. The van der Waals surface area contributed by atoms with Crippen LogP contribution in [0.25, 0.3) is 0 Å². The molecule has 1 aliphatic rings. The third-order valence-corrected chi connectivity index (χ3v) is 5.80. The highest BCUT2D eigenvalue weighted by Crippen LogP contribution is 2.29. The van der Waals surface area contributed by atoms with E-state index in [1.165, 1.54) is 0 Å². The molecule has 0 bridgehead atoms. The number of aryl methyl sites for hydroxylation is 1. The molecule has 174 valence electrons. The molecule has 1 aromatic heterocycles. The zero-order valence-corrected chi connectivity index (χ0v) is 19.2. The van der Waals surface area contributed by atoms with E-state index in [9.17, 15) is 14.4 Å². The minimum Gasteiger partial charge on any atom is -0.455 e. The predicted molar refractivity (Wildman–Crippen MR) is 128 cm³/mol. The number of hydrogen-bond donors (Lipinski definition) is 3. The van der Waals surface area contributed by atoms with Crippen LogP contribution in [0.3, 0.4) is 0 Å². The van der Waals surface area contributed by atoms with Crippen LogP contribution in [0.15, 0.2) is 64.1 Å². The average molecular weight is 479 g/mol. The maximum Gasteiger partial charge on any atom is 0.305 e. The smallest absolute Gasteiger partial charge is 0.305 e. The number of carbonyl (C=O) groups excluding carboxylic acids is 3. The van der Waals surface area contributed by atoms with E-state index in [1.54, 1.807) is 31.2 Å². The number of hydrazone groups is 1. The van der Waals surface area contributed by atoms with E-state index in [0.29, 0.717) is 46.0 Å². The molecule has 4 rings (SSSR count). The lowest BCUT2D eigenvalue weighted by Gasteiger charge is -2.13. The van der Waals surface area contributed by atoms with Gasteiger partial charge in [-0.25, -0.2) is 5.43 Å². The van der Waals surface area contributed by atoms with Crippen LogP contribution in [-0.4, -0.2) is 23.4 Å². The van der Waals surface area contributed by atoms with E-state index < -0.39 is 11.8 Å². The molecule has 3 amide bonds. The first kappa shape index (κ1) is 23.3. The van der Waals surface area contributed by atoms with Gasteiger partial charge in [-0.15, -0.1) is 0 Å². The predicted octanol–water partition coefficient (Wildman–Crippen LogP) is 3.72. The van der Waals surface area contributed by atoms with Crippen molar-refractivity contribution in [2.75, 3.05) is 0 Å². The van der Waals surface area contributed by atoms with Crippen molar-refractivity contribution in [1.82, 2.24) is 16.3 Å². The molecule has 0 unspecified atom stereocenters. The van der Waals surface area contributed by atoms with Gasteiger partial charge in [-0.3, -0.25) is 25.2 Å². The number of furan rings is 1. The molecular formula is C25H23ClN4O4. The maximum absolute atomic E-state index is 12.7. The van der Waals surface area contributed by atoms with E-state index >= 15 is 0 Å². The van der Waals surface area contributed by atoms with Gasteiger partial charge in [-0.2, -0.15) is 5.10 Å². The number of amides is 3. The molecule has 1 heterocycles. The molecule has 3 aromatic rings. The Hall–Kier alpha value is -3.91.